The lowest BCUT2D eigenvalue weighted by molar-refractivity contribution is 0.816. The molecule has 1 aromatic heterocycles. The van der Waals surface area contributed by atoms with E-state index >= 15 is 0 Å². The SMILES string of the molecule is Cn1cc(-c2ccccc2)n(C)c1=S. The lowest BCUT2D eigenvalue weighted by Gasteiger charge is -2.00. The van der Waals surface area contributed by atoms with E-state index in [1.807, 2.05) is 41.4 Å². The van der Waals surface area contributed by atoms with Crippen LogP contribution in [-0.4, -0.2) is 9.13 Å². The fourth-order valence-corrected chi connectivity index (χ4v) is 1.69. The van der Waals surface area contributed by atoms with Crippen molar-refractivity contribution in [2.45, 2.75) is 0 Å². The molecule has 0 aliphatic carbocycles. The van der Waals surface area contributed by atoms with Crippen molar-refractivity contribution in [1.82, 2.24) is 9.13 Å². The van der Waals surface area contributed by atoms with Gasteiger partial charge in [-0.1, -0.05) is 30.3 Å². The van der Waals surface area contributed by atoms with E-state index in [-0.39, 0.29) is 0 Å². The van der Waals surface area contributed by atoms with Crippen LogP contribution in [0.5, 0.6) is 0 Å². The number of aryl methyl sites for hydroxylation is 1. The van der Waals surface area contributed by atoms with Gasteiger partial charge in [0.25, 0.3) is 0 Å². The normalized spacial score (nSPS) is 10.4. The highest BCUT2D eigenvalue weighted by atomic mass is 32.1. The van der Waals surface area contributed by atoms with Gasteiger partial charge in [-0.05, 0) is 17.8 Å². The van der Waals surface area contributed by atoms with Gasteiger partial charge in [0.2, 0.25) is 0 Å². The Hall–Kier alpha value is -1.35. The molecular weight excluding hydrogens is 192 g/mol. The van der Waals surface area contributed by atoms with E-state index in [0.717, 1.165) is 10.5 Å². The number of benzene rings is 1. The maximum Gasteiger partial charge on any atom is 0.179 e. The summed E-state index contributed by atoms with van der Waals surface area (Å²) in [6.45, 7) is 0. The number of rotatable bonds is 1. The van der Waals surface area contributed by atoms with Crippen molar-refractivity contribution in [3.63, 3.8) is 0 Å². The molecule has 1 aromatic carbocycles. The zero-order valence-electron chi connectivity index (χ0n) is 8.27. The van der Waals surface area contributed by atoms with E-state index in [4.69, 9.17) is 12.2 Å². The third-order valence-corrected chi connectivity index (χ3v) is 2.90. The van der Waals surface area contributed by atoms with Crippen molar-refractivity contribution in [1.29, 1.82) is 0 Å². The fourth-order valence-electron chi connectivity index (χ4n) is 1.54. The van der Waals surface area contributed by atoms with Gasteiger partial charge in [-0.3, -0.25) is 0 Å². The quantitative estimate of drug-likeness (QED) is 0.649. The van der Waals surface area contributed by atoms with Crippen LogP contribution in [0.15, 0.2) is 36.5 Å². The molecule has 0 bridgehead atoms. The molecule has 2 aromatic rings. The van der Waals surface area contributed by atoms with Crippen molar-refractivity contribution in [2.24, 2.45) is 14.1 Å². The van der Waals surface area contributed by atoms with Crippen molar-refractivity contribution < 1.29 is 0 Å². The van der Waals surface area contributed by atoms with E-state index in [2.05, 4.69) is 18.3 Å². The first-order valence-corrected chi connectivity index (χ1v) is 4.89. The topological polar surface area (TPSA) is 9.86 Å². The largest absolute Gasteiger partial charge is 0.326 e. The Morgan fingerprint density at radius 3 is 2.21 bits per heavy atom. The zero-order chi connectivity index (χ0) is 10.1. The molecule has 0 N–H and O–H groups in total. The van der Waals surface area contributed by atoms with Gasteiger partial charge in [0.15, 0.2) is 4.77 Å². The average Bonchev–Trinajstić information content (AvgIpc) is 2.47. The standard InChI is InChI=1S/C11H12N2S/c1-12-8-10(13(2)11(12)14)9-6-4-3-5-7-9/h3-8H,1-2H3. The predicted molar refractivity (Wildman–Crippen MR) is 60.7 cm³/mol. The molecule has 0 aliphatic rings. The molecule has 0 radical (unpaired) electrons. The molecule has 0 atom stereocenters. The molecule has 0 spiro atoms. The molecule has 0 unspecified atom stereocenters. The summed E-state index contributed by atoms with van der Waals surface area (Å²) in [7, 11) is 3.96. The van der Waals surface area contributed by atoms with Crippen molar-refractivity contribution in [3.05, 3.63) is 41.3 Å². The molecule has 2 rings (SSSR count). The van der Waals surface area contributed by atoms with Gasteiger partial charge in [0.1, 0.15) is 0 Å². The first kappa shape index (κ1) is 9.21. The van der Waals surface area contributed by atoms with Gasteiger partial charge in [-0.2, -0.15) is 0 Å². The maximum atomic E-state index is 5.24. The van der Waals surface area contributed by atoms with Crippen LogP contribution in [0.25, 0.3) is 11.3 Å². The lowest BCUT2D eigenvalue weighted by Crippen LogP contribution is -1.92. The molecule has 0 amide bonds. The summed E-state index contributed by atoms with van der Waals surface area (Å²) < 4.78 is 4.81. The molecule has 0 aliphatic heterocycles. The molecule has 2 nitrogen and oxygen atoms in total. The molecule has 0 saturated heterocycles. The Morgan fingerprint density at radius 2 is 1.71 bits per heavy atom. The second kappa shape index (κ2) is 3.42. The first-order chi connectivity index (χ1) is 6.70. The van der Waals surface area contributed by atoms with Gasteiger partial charge in [0, 0.05) is 20.3 Å². The van der Waals surface area contributed by atoms with Gasteiger partial charge in [-0.25, -0.2) is 0 Å². The average molecular weight is 204 g/mol. The number of nitrogens with zero attached hydrogens (tertiary/aromatic N) is 2. The van der Waals surface area contributed by atoms with Gasteiger partial charge < -0.3 is 9.13 Å². The van der Waals surface area contributed by atoms with Crippen molar-refractivity contribution >= 4 is 12.2 Å². The fraction of sp³-hybridized carbons (Fsp3) is 0.182. The highest BCUT2D eigenvalue weighted by molar-refractivity contribution is 7.71. The first-order valence-electron chi connectivity index (χ1n) is 4.48. The summed E-state index contributed by atoms with van der Waals surface area (Å²) in [5.74, 6) is 0. The molecule has 0 fully saturated rings. The van der Waals surface area contributed by atoms with E-state index in [0.29, 0.717) is 0 Å². The van der Waals surface area contributed by atoms with Crippen LogP contribution >= 0.6 is 12.2 Å². The summed E-state index contributed by atoms with van der Waals surface area (Å²) >= 11 is 5.24. The predicted octanol–water partition coefficient (Wildman–Crippen LogP) is 2.76. The third-order valence-electron chi connectivity index (χ3n) is 2.34. The summed E-state index contributed by atoms with van der Waals surface area (Å²) in [5.41, 5.74) is 2.35. The van der Waals surface area contributed by atoms with E-state index in [1.165, 1.54) is 5.56 Å². The monoisotopic (exact) mass is 204 g/mol. The molecule has 0 saturated carbocycles. The van der Waals surface area contributed by atoms with E-state index in [9.17, 15) is 0 Å². The lowest BCUT2D eigenvalue weighted by atomic mass is 10.2. The Kier molecular flexibility index (Phi) is 2.25. The van der Waals surface area contributed by atoms with Gasteiger partial charge in [0.05, 0.1) is 5.69 Å². The summed E-state index contributed by atoms with van der Waals surface area (Å²) in [4.78, 5) is 0. The highest BCUT2D eigenvalue weighted by Gasteiger charge is 2.03. The number of imidazole rings is 1. The number of hydrogen-bond donors (Lipinski definition) is 0. The smallest absolute Gasteiger partial charge is 0.179 e. The number of hydrogen-bond acceptors (Lipinski definition) is 1. The Labute approximate surface area is 88.4 Å². The van der Waals surface area contributed by atoms with Crippen LogP contribution in [0.3, 0.4) is 0 Å². The minimum Gasteiger partial charge on any atom is -0.326 e. The Bertz CT molecular complexity index is 494. The molecule has 14 heavy (non-hydrogen) atoms. The third kappa shape index (κ3) is 1.40. The van der Waals surface area contributed by atoms with Gasteiger partial charge >= 0.3 is 0 Å². The molecule has 3 heteroatoms. The maximum absolute atomic E-state index is 5.24. The highest BCUT2D eigenvalue weighted by Crippen LogP contribution is 2.18. The van der Waals surface area contributed by atoms with Crippen molar-refractivity contribution in [3.8, 4) is 11.3 Å². The minimum atomic E-state index is 0.837. The van der Waals surface area contributed by atoms with Gasteiger partial charge in [-0.15, -0.1) is 0 Å². The van der Waals surface area contributed by atoms with Crippen LogP contribution in [0.2, 0.25) is 0 Å². The zero-order valence-corrected chi connectivity index (χ0v) is 9.08. The van der Waals surface area contributed by atoms with E-state index < -0.39 is 0 Å². The van der Waals surface area contributed by atoms with Crippen LogP contribution in [-0.2, 0) is 14.1 Å². The summed E-state index contributed by atoms with van der Waals surface area (Å²) in [6.07, 6.45) is 2.05. The van der Waals surface area contributed by atoms with Crippen LogP contribution in [0.1, 0.15) is 0 Å². The van der Waals surface area contributed by atoms with Crippen LogP contribution in [0.4, 0.5) is 0 Å². The molecule has 1 heterocycles. The van der Waals surface area contributed by atoms with Crippen LogP contribution in [0, 0.1) is 4.77 Å². The van der Waals surface area contributed by atoms with Crippen LogP contribution < -0.4 is 0 Å². The number of aromatic nitrogens is 2. The summed E-state index contributed by atoms with van der Waals surface area (Å²) in [5, 5.41) is 0. The Balaban J connectivity index is 2.64. The second-order valence-electron chi connectivity index (χ2n) is 3.33. The summed E-state index contributed by atoms with van der Waals surface area (Å²) in [6, 6.07) is 10.3. The Morgan fingerprint density at radius 1 is 1.07 bits per heavy atom. The second-order valence-corrected chi connectivity index (χ2v) is 3.70. The minimum absolute atomic E-state index is 0.837. The molecular formula is C11H12N2S. The van der Waals surface area contributed by atoms with E-state index in [1.54, 1.807) is 0 Å². The van der Waals surface area contributed by atoms with Crippen molar-refractivity contribution in [2.75, 3.05) is 0 Å². The molecule has 72 valence electrons.